The second-order valence-electron chi connectivity index (χ2n) is 7.83. The molecule has 0 aliphatic rings. The summed E-state index contributed by atoms with van der Waals surface area (Å²) in [7, 11) is 0. The molecule has 3 N–H and O–H groups in total. The molecule has 1 aromatic carbocycles. The smallest absolute Gasteiger partial charge is 0.256 e. The maximum atomic E-state index is 12.5. The van der Waals surface area contributed by atoms with Gasteiger partial charge in [-0.15, -0.1) is 12.4 Å². The number of nitrogen functional groups attached to an aromatic ring is 1. The predicted molar refractivity (Wildman–Crippen MR) is 102 cm³/mol. The summed E-state index contributed by atoms with van der Waals surface area (Å²) in [6.07, 6.45) is 0. The first-order valence-corrected chi connectivity index (χ1v) is 7.76. The number of halogens is 1. The molecule has 0 bridgehead atoms. The number of rotatable bonds is 2. The van der Waals surface area contributed by atoms with Crippen molar-refractivity contribution in [3.63, 3.8) is 0 Å². The first-order chi connectivity index (χ1) is 10.5. The van der Waals surface area contributed by atoms with Crippen molar-refractivity contribution in [3.8, 4) is 0 Å². The van der Waals surface area contributed by atoms with Gasteiger partial charge in [-0.05, 0) is 39.0 Å². The molecular formula is C18H27ClN4O. The van der Waals surface area contributed by atoms with Crippen molar-refractivity contribution < 1.29 is 4.79 Å². The van der Waals surface area contributed by atoms with Gasteiger partial charge in [0.15, 0.2) is 0 Å². The van der Waals surface area contributed by atoms with E-state index < -0.39 is 0 Å². The van der Waals surface area contributed by atoms with Gasteiger partial charge in [0.25, 0.3) is 5.91 Å². The SMILES string of the molecule is CC(C)(C)c1cc(NC(=O)c2cccc(N)c2)n(C(C)(C)C)n1.Cl. The lowest BCUT2D eigenvalue weighted by Crippen LogP contribution is -2.27. The standard InChI is InChI=1S/C18H26N4O.ClH/c1-17(2,3)14-11-15(22(21-14)18(4,5)6)20-16(23)12-8-7-9-13(19)10-12;/h7-11H,19H2,1-6H3,(H,20,23);1H. The summed E-state index contributed by atoms with van der Waals surface area (Å²) < 4.78 is 1.86. The van der Waals surface area contributed by atoms with Crippen molar-refractivity contribution in [3.05, 3.63) is 41.6 Å². The van der Waals surface area contributed by atoms with Crippen molar-refractivity contribution in [1.29, 1.82) is 0 Å². The monoisotopic (exact) mass is 350 g/mol. The van der Waals surface area contributed by atoms with Gasteiger partial charge in [0.2, 0.25) is 0 Å². The summed E-state index contributed by atoms with van der Waals surface area (Å²) in [5.74, 6) is 0.498. The molecule has 0 aliphatic heterocycles. The molecule has 0 radical (unpaired) electrons. The largest absolute Gasteiger partial charge is 0.399 e. The molecule has 0 unspecified atom stereocenters. The quantitative estimate of drug-likeness (QED) is 0.797. The number of hydrogen-bond acceptors (Lipinski definition) is 3. The number of hydrogen-bond donors (Lipinski definition) is 2. The molecule has 1 aromatic heterocycles. The van der Waals surface area contributed by atoms with Crippen LogP contribution in [0.4, 0.5) is 11.5 Å². The third-order valence-electron chi connectivity index (χ3n) is 3.50. The number of anilines is 2. The lowest BCUT2D eigenvalue weighted by atomic mass is 9.92. The van der Waals surface area contributed by atoms with Crippen LogP contribution in [0.15, 0.2) is 30.3 Å². The van der Waals surface area contributed by atoms with E-state index in [1.54, 1.807) is 24.3 Å². The molecule has 2 aromatic rings. The van der Waals surface area contributed by atoms with Crippen molar-refractivity contribution in [2.24, 2.45) is 0 Å². The minimum Gasteiger partial charge on any atom is -0.399 e. The Balaban J connectivity index is 0.00000288. The number of carbonyl (C=O) groups excluding carboxylic acids is 1. The van der Waals surface area contributed by atoms with Crippen LogP contribution in [0.2, 0.25) is 0 Å². The van der Waals surface area contributed by atoms with E-state index in [0.29, 0.717) is 17.1 Å². The van der Waals surface area contributed by atoms with Crippen LogP contribution in [0.1, 0.15) is 57.6 Å². The zero-order valence-electron chi connectivity index (χ0n) is 15.2. The number of aromatic nitrogens is 2. The van der Waals surface area contributed by atoms with E-state index in [2.05, 4.69) is 46.9 Å². The lowest BCUT2D eigenvalue weighted by Gasteiger charge is -2.23. The molecule has 0 saturated heterocycles. The van der Waals surface area contributed by atoms with Crippen LogP contribution in [0, 0.1) is 0 Å². The highest BCUT2D eigenvalue weighted by molar-refractivity contribution is 6.04. The molecule has 0 fully saturated rings. The molecule has 24 heavy (non-hydrogen) atoms. The third kappa shape index (κ3) is 4.51. The molecule has 5 nitrogen and oxygen atoms in total. The van der Waals surface area contributed by atoms with Gasteiger partial charge in [0.05, 0.1) is 11.2 Å². The number of nitrogens with one attached hydrogen (secondary N) is 1. The molecule has 0 aliphatic carbocycles. The second kappa shape index (κ2) is 6.85. The Hall–Kier alpha value is -2.01. The van der Waals surface area contributed by atoms with Crippen LogP contribution in [0.25, 0.3) is 0 Å². The van der Waals surface area contributed by atoms with Gasteiger partial charge in [-0.2, -0.15) is 5.10 Å². The number of nitrogens with two attached hydrogens (primary N) is 1. The molecule has 6 heteroatoms. The topological polar surface area (TPSA) is 72.9 Å². The van der Waals surface area contributed by atoms with Gasteiger partial charge in [-0.25, -0.2) is 4.68 Å². The van der Waals surface area contributed by atoms with Gasteiger partial charge < -0.3 is 11.1 Å². The van der Waals surface area contributed by atoms with Gasteiger partial charge in [0, 0.05) is 22.7 Å². The second-order valence-corrected chi connectivity index (χ2v) is 7.83. The predicted octanol–water partition coefficient (Wildman–Crippen LogP) is 4.19. The molecular weight excluding hydrogens is 324 g/mol. The van der Waals surface area contributed by atoms with Gasteiger partial charge in [-0.1, -0.05) is 26.8 Å². The number of nitrogens with zero attached hydrogens (tertiary/aromatic N) is 2. The van der Waals surface area contributed by atoms with E-state index in [9.17, 15) is 4.79 Å². The van der Waals surface area contributed by atoms with E-state index >= 15 is 0 Å². The zero-order valence-corrected chi connectivity index (χ0v) is 16.0. The van der Waals surface area contributed by atoms with Gasteiger partial charge in [0.1, 0.15) is 5.82 Å². The maximum Gasteiger partial charge on any atom is 0.256 e. The Bertz CT molecular complexity index is 723. The molecule has 1 heterocycles. The number of carbonyl (C=O) groups is 1. The van der Waals surface area contributed by atoms with E-state index in [1.165, 1.54) is 0 Å². The molecule has 0 saturated carbocycles. The summed E-state index contributed by atoms with van der Waals surface area (Å²) in [5, 5.41) is 7.65. The van der Waals surface area contributed by atoms with Gasteiger partial charge in [-0.3, -0.25) is 4.79 Å². The first-order valence-electron chi connectivity index (χ1n) is 7.76. The van der Waals surface area contributed by atoms with E-state index in [1.807, 2.05) is 10.7 Å². The molecule has 0 atom stereocenters. The van der Waals surface area contributed by atoms with Crippen LogP contribution in [-0.2, 0) is 11.0 Å². The number of benzene rings is 1. The van der Waals surface area contributed by atoms with Crippen LogP contribution in [-0.4, -0.2) is 15.7 Å². The summed E-state index contributed by atoms with van der Waals surface area (Å²) in [5.41, 5.74) is 7.47. The number of amides is 1. The highest BCUT2D eigenvalue weighted by Crippen LogP contribution is 2.28. The normalized spacial score (nSPS) is 11.8. The minimum atomic E-state index is -0.234. The zero-order chi connectivity index (χ0) is 17.4. The minimum absolute atomic E-state index is 0. The third-order valence-corrected chi connectivity index (χ3v) is 3.50. The highest BCUT2D eigenvalue weighted by atomic mass is 35.5. The summed E-state index contributed by atoms with van der Waals surface area (Å²) in [6, 6.07) is 8.88. The summed E-state index contributed by atoms with van der Waals surface area (Å²) in [6.45, 7) is 12.5. The Morgan fingerprint density at radius 1 is 1.12 bits per heavy atom. The maximum absolute atomic E-state index is 12.5. The Labute approximate surface area is 150 Å². The van der Waals surface area contributed by atoms with Crippen molar-refractivity contribution in [1.82, 2.24) is 9.78 Å². The fraction of sp³-hybridized carbons (Fsp3) is 0.444. The highest BCUT2D eigenvalue weighted by Gasteiger charge is 2.25. The van der Waals surface area contributed by atoms with Crippen LogP contribution < -0.4 is 11.1 Å². The van der Waals surface area contributed by atoms with Crippen LogP contribution in [0.5, 0.6) is 0 Å². The Morgan fingerprint density at radius 3 is 2.25 bits per heavy atom. The van der Waals surface area contributed by atoms with E-state index in [-0.39, 0.29) is 29.3 Å². The first kappa shape index (κ1) is 20.0. The molecule has 1 amide bonds. The van der Waals surface area contributed by atoms with E-state index in [0.717, 1.165) is 5.69 Å². The molecule has 0 spiro atoms. The summed E-state index contributed by atoms with van der Waals surface area (Å²) >= 11 is 0. The van der Waals surface area contributed by atoms with Crippen molar-refractivity contribution in [2.45, 2.75) is 52.5 Å². The van der Waals surface area contributed by atoms with Crippen LogP contribution in [0.3, 0.4) is 0 Å². The van der Waals surface area contributed by atoms with E-state index in [4.69, 9.17) is 10.8 Å². The Kier molecular flexibility index (Phi) is 5.72. The lowest BCUT2D eigenvalue weighted by molar-refractivity contribution is 0.102. The average molecular weight is 351 g/mol. The summed E-state index contributed by atoms with van der Waals surface area (Å²) in [4.78, 5) is 12.5. The Morgan fingerprint density at radius 2 is 1.75 bits per heavy atom. The fourth-order valence-electron chi connectivity index (χ4n) is 2.22. The van der Waals surface area contributed by atoms with Crippen molar-refractivity contribution in [2.75, 3.05) is 11.1 Å². The molecule has 2 rings (SSSR count). The fourth-order valence-corrected chi connectivity index (χ4v) is 2.22. The van der Waals surface area contributed by atoms with Crippen molar-refractivity contribution >= 4 is 29.8 Å². The average Bonchev–Trinajstić information content (AvgIpc) is 2.82. The van der Waals surface area contributed by atoms with Gasteiger partial charge >= 0.3 is 0 Å². The molecule has 132 valence electrons. The van der Waals surface area contributed by atoms with Crippen LogP contribution >= 0.6 is 12.4 Å².